The first-order valence-electron chi connectivity index (χ1n) is 5.84. The van der Waals surface area contributed by atoms with Crippen LogP contribution in [0.2, 0.25) is 0 Å². The molecule has 0 heterocycles. The zero-order valence-electron chi connectivity index (χ0n) is 10.9. The summed E-state index contributed by atoms with van der Waals surface area (Å²) in [5.41, 5.74) is 1.52. The number of allylic oxidation sites excluding steroid dienone is 1. The fraction of sp³-hybridized carbons (Fsp3) is 0.286. The highest BCUT2D eigenvalue weighted by Crippen LogP contribution is 2.11. The molecule has 0 aromatic heterocycles. The number of carboxylic acids is 1. The van der Waals surface area contributed by atoms with Crippen molar-refractivity contribution < 1.29 is 19.8 Å². The van der Waals surface area contributed by atoms with E-state index in [1.807, 2.05) is 0 Å². The van der Waals surface area contributed by atoms with Crippen LogP contribution in [0.25, 0.3) is 0 Å². The second-order valence-electron chi connectivity index (χ2n) is 4.49. The zero-order chi connectivity index (χ0) is 14.4. The number of phenolic OH excluding ortho intramolecular Hbond substituents is 1. The normalized spacial score (nSPS) is 11.5. The molecule has 0 bridgehead atoms. The average molecular weight is 263 g/mol. The monoisotopic (exact) mass is 263 g/mol. The number of aliphatic carboxylic acids is 1. The topological polar surface area (TPSA) is 86.6 Å². The summed E-state index contributed by atoms with van der Waals surface area (Å²) in [4.78, 5) is 22.6. The van der Waals surface area contributed by atoms with Gasteiger partial charge < -0.3 is 15.5 Å². The maximum Gasteiger partial charge on any atom is 0.326 e. The standard InChI is InChI=1S/C14H17NO4/c1-9(2)7-13(17)15-12(14(18)19)8-10-3-5-11(16)6-4-10/h3-7,12,16H,8H2,1-2H3,(H,15,17)(H,18,19). The van der Waals surface area contributed by atoms with Crippen molar-refractivity contribution in [2.24, 2.45) is 0 Å². The molecule has 5 nitrogen and oxygen atoms in total. The number of carbonyl (C=O) groups excluding carboxylic acids is 1. The van der Waals surface area contributed by atoms with Crippen molar-refractivity contribution in [1.82, 2.24) is 5.32 Å². The van der Waals surface area contributed by atoms with E-state index in [-0.39, 0.29) is 12.2 Å². The number of phenols is 1. The lowest BCUT2D eigenvalue weighted by atomic mass is 10.1. The molecule has 0 saturated heterocycles. The molecule has 0 aliphatic rings. The Labute approximate surface area is 111 Å². The minimum Gasteiger partial charge on any atom is -0.508 e. The minimum atomic E-state index is -1.09. The summed E-state index contributed by atoms with van der Waals surface area (Å²) in [5.74, 6) is -1.40. The van der Waals surface area contributed by atoms with Gasteiger partial charge in [-0.25, -0.2) is 4.79 Å². The Morgan fingerprint density at radius 3 is 2.32 bits per heavy atom. The Balaban J connectivity index is 2.73. The van der Waals surface area contributed by atoms with Crippen LogP contribution in [0, 0.1) is 0 Å². The lowest BCUT2D eigenvalue weighted by Crippen LogP contribution is -2.41. The van der Waals surface area contributed by atoms with Gasteiger partial charge in [-0.3, -0.25) is 4.79 Å². The molecule has 1 aromatic carbocycles. The van der Waals surface area contributed by atoms with Gasteiger partial charge in [-0.1, -0.05) is 17.7 Å². The number of benzene rings is 1. The van der Waals surface area contributed by atoms with Crippen molar-refractivity contribution in [3.8, 4) is 5.75 Å². The van der Waals surface area contributed by atoms with Crippen molar-refractivity contribution >= 4 is 11.9 Å². The number of aromatic hydroxyl groups is 1. The Kier molecular flexibility index (Phi) is 5.11. The lowest BCUT2D eigenvalue weighted by Gasteiger charge is -2.13. The highest BCUT2D eigenvalue weighted by molar-refractivity contribution is 5.91. The van der Waals surface area contributed by atoms with E-state index >= 15 is 0 Å². The molecule has 5 heteroatoms. The molecular weight excluding hydrogens is 246 g/mol. The molecule has 0 saturated carbocycles. The predicted octanol–water partition coefficient (Wildman–Crippen LogP) is 1.47. The molecule has 0 aliphatic heterocycles. The van der Waals surface area contributed by atoms with Gasteiger partial charge in [-0.05, 0) is 31.5 Å². The molecule has 0 radical (unpaired) electrons. The second-order valence-corrected chi connectivity index (χ2v) is 4.49. The van der Waals surface area contributed by atoms with E-state index in [0.717, 1.165) is 11.1 Å². The third-order valence-corrected chi connectivity index (χ3v) is 2.41. The summed E-state index contributed by atoms with van der Waals surface area (Å²) in [7, 11) is 0. The summed E-state index contributed by atoms with van der Waals surface area (Å²) in [5, 5.41) is 20.7. The Morgan fingerprint density at radius 1 is 1.26 bits per heavy atom. The Morgan fingerprint density at radius 2 is 1.84 bits per heavy atom. The molecule has 1 rings (SSSR count). The van der Waals surface area contributed by atoms with Crippen LogP contribution in [0.5, 0.6) is 5.75 Å². The predicted molar refractivity (Wildman–Crippen MR) is 70.8 cm³/mol. The molecule has 0 spiro atoms. The second kappa shape index (κ2) is 6.58. The van der Waals surface area contributed by atoms with E-state index in [1.54, 1.807) is 26.0 Å². The molecule has 3 N–H and O–H groups in total. The number of carbonyl (C=O) groups is 2. The van der Waals surface area contributed by atoms with E-state index in [4.69, 9.17) is 10.2 Å². The van der Waals surface area contributed by atoms with Crippen molar-refractivity contribution in [3.63, 3.8) is 0 Å². The van der Waals surface area contributed by atoms with Gasteiger partial charge in [-0.2, -0.15) is 0 Å². The van der Waals surface area contributed by atoms with Crippen LogP contribution in [0.4, 0.5) is 0 Å². The quantitative estimate of drug-likeness (QED) is 0.702. The number of rotatable bonds is 5. The molecule has 0 fully saturated rings. The summed E-state index contributed by atoms with van der Waals surface area (Å²) in [6.45, 7) is 3.52. The van der Waals surface area contributed by atoms with Crippen LogP contribution in [0.3, 0.4) is 0 Å². The van der Waals surface area contributed by atoms with Crippen LogP contribution in [-0.2, 0) is 16.0 Å². The minimum absolute atomic E-state index is 0.115. The van der Waals surface area contributed by atoms with E-state index < -0.39 is 17.9 Å². The van der Waals surface area contributed by atoms with Crippen molar-refractivity contribution in [2.75, 3.05) is 0 Å². The van der Waals surface area contributed by atoms with Gasteiger partial charge in [0.1, 0.15) is 11.8 Å². The average Bonchev–Trinajstić information content (AvgIpc) is 2.29. The van der Waals surface area contributed by atoms with Gasteiger partial charge in [0, 0.05) is 12.5 Å². The largest absolute Gasteiger partial charge is 0.508 e. The van der Waals surface area contributed by atoms with E-state index in [0.29, 0.717) is 0 Å². The highest BCUT2D eigenvalue weighted by Gasteiger charge is 2.19. The summed E-state index contributed by atoms with van der Waals surface area (Å²) in [6.07, 6.45) is 1.52. The lowest BCUT2D eigenvalue weighted by molar-refractivity contribution is -0.141. The number of nitrogens with one attached hydrogen (secondary N) is 1. The number of hydrogen-bond acceptors (Lipinski definition) is 3. The summed E-state index contributed by atoms with van der Waals surface area (Å²) in [6, 6.07) is 5.21. The third kappa shape index (κ3) is 5.25. The molecule has 1 unspecified atom stereocenters. The first-order valence-corrected chi connectivity index (χ1v) is 5.84. The van der Waals surface area contributed by atoms with E-state index in [1.165, 1.54) is 18.2 Å². The van der Waals surface area contributed by atoms with E-state index in [2.05, 4.69) is 5.32 Å². The van der Waals surface area contributed by atoms with Gasteiger partial charge in [0.15, 0.2) is 0 Å². The summed E-state index contributed by atoms with van der Waals surface area (Å²) < 4.78 is 0. The van der Waals surface area contributed by atoms with Gasteiger partial charge >= 0.3 is 5.97 Å². The fourth-order valence-electron chi connectivity index (χ4n) is 1.54. The van der Waals surface area contributed by atoms with Crippen LogP contribution in [-0.4, -0.2) is 28.1 Å². The first-order chi connectivity index (χ1) is 8.88. The SMILES string of the molecule is CC(C)=CC(=O)NC(Cc1ccc(O)cc1)C(=O)O. The maximum absolute atomic E-state index is 11.5. The zero-order valence-corrected chi connectivity index (χ0v) is 10.9. The van der Waals surface area contributed by atoms with Gasteiger partial charge in [0.2, 0.25) is 5.91 Å². The van der Waals surface area contributed by atoms with Gasteiger partial charge in [-0.15, -0.1) is 0 Å². The molecule has 1 aromatic rings. The number of hydrogen-bond donors (Lipinski definition) is 3. The molecule has 0 aliphatic carbocycles. The summed E-state index contributed by atoms with van der Waals surface area (Å²) >= 11 is 0. The van der Waals surface area contributed by atoms with Crippen LogP contribution in [0.15, 0.2) is 35.9 Å². The number of amides is 1. The molecule has 19 heavy (non-hydrogen) atoms. The van der Waals surface area contributed by atoms with Crippen molar-refractivity contribution in [3.05, 3.63) is 41.5 Å². The molecule has 1 atom stereocenters. The van der Waals surface area contributed by atoms with Gasteiger partial charge in [0.05, 0.1) is 0 Å². The smallest absolute Gasteiger partial charge is 0.326 e. The Hall–Kier alpha value is -2.30. The first kappa shape index (κ1) is 14.8. The highest BCUT2D eigenvalue weighted by atomic mass is 16.4. The van der Waals surface area contributed by atoms with Crippen LogP contribution in [0.1, 0.15) is 19.4 Å². The van der Waals surface area contributed by atoms with Crippen molar-refractivity contribution in [1.29, 1.82) is 0 Å². The van der Waals surface area contributed by atoms with Crippen LogP contribution >= 0.6 is 0 Å². The fourth-order valence-corrected chi connectivity index (χ4v) is 1.54. The maximum atomic E-state index is 11.5. The number of carboxylic acid groups (broad SMARTS) is 1. The molecule has 102 valence electrons. The molecular formula is C14H17NO4. The van der Waals surface area contributed by atoms with E-state index in [9.17, 15) is 9.59 Å². The molecule has 1 amide bonds. The van der Waals surface area contributed by atoms with Crippen LogP contribution < -0.4 is 5.32 Å². The Bertz CT molecular complexity index is 487. The van der Waals surface area contributed by atoms with Gasteiger partial charge in [0.25, 0.3) is 0 Å². The third-order valence-electron chi connectivity index (χ3n) is 2.41. The van der Waals surface area contributed by atoms with Crippen molar-refractivity contribution in [2.45, 2.75) is 26.3 Å².